The highest BCUT2D eigenvalue weighted by molar-refractivity contribution is 6.05. The molecule has 1 aliphatic carbocycles. The predicted molar refractivity (Wildman–Crippen MR) is 90.2 cm³/mol. The van der Waals surface area contributed by atoms with Crippen LogP contribution < -0.4 is 4.74 Å². The Balaban J connectivity index is 1.57. The quantitative estimate of drug-likeness (QED) is 0.453. The molecule has 0 radical (unpaired) electrons. The van der Waals surface area contributed by atoms with Crippen LogP contribution in [0.2, 0.25) is 0 Å². The normalized spacial score (nSPS) is 22.1. The zero-order chi connectivity index (χ0) is 18.7. The molecule has 2 amide bonds. The Morgan fingerprint density at radius 3 is 2.38 bits per heavy atom. The lowest BCUT2D eigenvalue weighted by molar-refractivity contribution is -0.141. The summed E-state index contributed by atoms with van der Waals surface area (Å²) in [6, 6.07) is 6.08. The first-order valence-corrected chi connectivity index (χ1v) is 8.75. The number of imide groups is 1. The van der Waals surface area contributed by atoms with Gasteiger partial charge in [0.25, 0.3) is 0 Å². The van der Waals surface area contributed by atoms with E-state index in [2.05, 4.69) is 4.74 Å². The summed E-state index contributed by atoms with van der Waals surface area (Å²) >= 11 is 0. The molecule has 138 valence electrons. The van der Waals surface area contributed by atoms with Crippen molar-refractivity contribution in [3.63, 3.8) is 0 Å². The summed E-state index contributed by atoms with van der Waals surface area (Å²) in [7, 11) is 1.27. The molecule has 1 saturated heterocycles. The molecular formula is C19H21NO6. The monoisotopic (exact) mass is 359 g/mol. The first kappa shape index (κ1) is 18.1. The minimum atomic E-state index is -0.567. The van der Waals surface area contributed by atoms with Crippen molar-refractivity contribution in [3.8, 4) is 5.75 Å². The number of ether oxygens (including phenoxy) is 2. The second-order valence-electron chi connectivity index (χ2n) is 6.57. The van der Waals surface area contributed by atoms with Gasteiger partial charge in [-0.2, -0.15) is 0 Å². The Kier molecular flexibility index (Phi) is 5.35. The fraction of sp³-hybridized carbons (Fsp3) is 0.474. The van der Waals surface area contributed by atoms with Crippen LogP contribution in [-0.4, -0.2) is 42.3 Å². The molecule has 0 unspecified atom stereocenters. The highest BCUT2D eigenvalue weighted by Gasteiger charge is 2.47. The van der Waals surface area contributed by atoms with Crippen LogP contribution in [0.3, 0.4) is 0 Å². The number of nitrogens with zero attached hydrogens (tertiary/aromatic N) is 1. The van der Waals surface area contributed by atoms with Crippen LogP contribution in [0.25, 0.3) is 0 Å². The second-order valence-corrected chi connectivity index (χ2v) is 6.57. The van der Waals surface area contributed by atoms with Crippen molar-refractivity contribution in [3.05, 3.63) is 29.8 Å². The lowest BCUT2D eigenvalue weighted by atomic mass is 9.81. The average molecular weight is 359 g/mol. The number of hydrogen-bond donors (Lipinski definition) is 0. The third-order valence-electron chi connectivity index (χ3n) is 4.96. The topological polar surface area (TPSA) is 90.0 Å². The summed E-state index contributed by atoms with van der Waals surface area (Å²) in [5.74, 6) is -1.65. The van der Waals surface area contributed by atoms with Crippen LogP contribution in [0.15, 0.2) is 24.3 Å². The number of fused-ring (bicyclic) bond motifs is 1. The number of methoxy groups -OCH3 is 1. The number of carbonyl (C=O) groups excluding carboxylic acids is 4. The van der Waals surface area contributed by atoms with E-state index in [0.29, 0.717) is 0 Å². The van der Waals surface area contributed by atoms with Gasteiger partial charge < -0.3 is 9.47 Å². The van der Waals surface area contributed by atoms with E-state index in [1.54, 1.807) is 18.2 Å². The van der Waals surface area contributed by atoms with Crippen molar-refractivity contribution < 1.29 is 28.7 Å². The molecule has 1 aliphatic heterocycles. The zero-order valence-electron chi connectivity index (χ0n) is 14.6. The van der Waals surface area contributed by atoms with E-state index in [1.807, 2.05) is 0 Å². The molecule has 1 saturated carbocycles. The molecule has 2 atom stereocenters. The van der Waals surface area contributed by atoms with Crippen molar-refractivity contribution in [2.45, 2.75) is 32.1 Å². The largest absolute Gasteiger partial charge is 0.465 e. The van der Waals surface area contributed by atoms with E-state index in [1.165, 1.54) is 18.1 Å². The molecule has 3 rings (SSSR count). The molecule has 1 aromatic carbocycles. The van der Waals surface area contributed by atoms with E-state index in [0.717, 1.165) is 25.7 Å². The van der Waals surface area contributed by atoms with Gasteiger partial charge in [-0.25, -0.2) is 4.79 Å². The molecule has 0 aromatic heterocycles. The van der Waals surface area contributed by atoms with Gasteiger partial charge in [0.15, 0.2) is 0 Å². The fourth-order valence-electron chi connectivity index (χ4n) is 3.64. The van der Waals surface area contributed by atoms with Gasteiger partial charge in [-0.3, -0.25) is 19.3 Å². The standard InChI is InChI=1S/C19H21NO6/c1-25-19(24)12-5-4-6-13(11-12)26-16(21)9-10-20-17(22)14-7-2-3-8-15(14)18(20)23/h4-6,11,14-15H,2-3,7-10H2,1H3/t14-,15-/m0/s1. The molecule has 1 heterocycles. The SMILES string of the molecule is COC(=O)c1cccc(OC(=O)CCN2C(=O)[C@H]3CCCC[C@@H]3C2=O)c1. The smallest absolute Gasteiger partial charge is 0.337 e. The number of amides is 2. The number of hydrogen-bond acceptors (Lipinski definition) is 6. The summed E-state index contributed by atoms with van der Waals surface area (Å²) in [5.41, 5.74) is 0.270. The van der Waals surface area contributed by atoms with Gasteiger partial charge >= 0.3 is 11.9 Å². The Morgan fingerprint density at radius 1 is 1.12 bits per heavy atom. The van der Waals surface area contributed by atoms with Gasteiger partial charge in [0.2, 0.25) is 11.8 Å². The number of likely N-dealkylation sites (tertiary alicyclic amines) is 1. The number of rotatable bonds is 5. The van der Waals surface area contributed by atoms with Crippen molar-refractivity contribution in [2.24, 2.45) is 11.8 Å². The Hall–Kier alpha value is -2.70. The minimum Gasteiger partial charge on any atom is -0.465 e. The molecule has 26 heavy (non-hydrogen) atoms. The molecule has 0 bridgehead atoms. The highest BCUT2D eigenvalue weighted by Crippen LogP contribution is 2.37. The van der Waals surface area contributed by atoms with E-state index in [-0.39, 0.29) is 47.9 Å². The van der Waals surface area contributed by atoms with Crippen LogP contribution in [0.1, 0.15) is 42.5 Å². The third kappa shape index (κ3) is 3.61. The van der Waals surface area contributed by atoms with Gasteiger partial charge in [-0.15, -0.1) is 0 Å². The lowest BCUT2D eigenvalue weighted by Crippen LogP contribution is -2.33. The molecule has 0 spiro atoms. The lowest BCUT2D eigenvalue weighted by Gasteiger charge is -2.19. The van der Waals surface area contributed by atoms with Gasteiger partial charge in [-0.05, 0) is 31.0 Å². The van der Waals surface area contributed by atoms with Gasteiger partial charge in [0, 0.05) is 6.54 Å². The molecule has 7 nitrogen and oxygen atoms in total. The summed E-state index contributed by atoms with van der Waals surface area (Å²) in [5, 5.41) is 0. The Morgan fingerprint density at radius 2 is 1.77 bits per heavy atom. The first-order chi connectivity index (χ1) is 12.5. The van der Waals surface area contributed by atoms with Gasteiger partial charge in [0.1, 0.15) is 5.75 Å². The maximum Gasteiger partial charge on any atom is 0.337 e. The first-order valence-electron chi connectivity index (χ1n) is 8.75. The molecular weight excluding hydrogens is 338 g/mol. The van der Waals surface area contributed by atoms with E-state index >= 15 is 0 Å². The second kappa shape index (κ2) is 7.68. The van der Waals surface area contributed by atoms with Crippen molar-refractivity contribution >= 4 is 23.8 Å². The van der Waals surface area contributed by atoms with Crippen LogP contribution in [0.4, 0.5) is 0 Å². The predicted octanol–water partition coefficient (Wildman–Crippen LogP) is 1.94. The average Bonchev–Trinajstić information content (AvgIpc) is 2.90. The maximum atomic E-state index is 12.4. The Labute approximate surface area is 151 Å². The molecule has 2 aliphatic rings. The van der Waals surface area contributed by atoms with E-state index in [9.17, 15) is 19.2 Å². The van der Waals surface area contributed by atoms with Crippen LogP contribution in [0, 0.1) is 11.8 Å². The molecule has 0 N–H and O–H groups in total. The summed E-state index contributed by atoms with van der Waals surface area (Å²) < 4.78 is 9.82. The van der Waals surface area contributed by atoms with Gasteiger partial charge in [0.05, 0.1) is 30.9 Å². The summed E-state index contributed by atoms with van der Waals surface area (Å²) in [4.78, 5) is 49.5. The molecule has 2 fully saturated rings. The number of esters is 2. The Bertz CT molecular complexity index is 719. The number of carbonyl (C=O) groups is 4. The van der Waals surface area contributed by atoms with Crippen LogP contribution in [-0.2, 0) is 19.1 Å². The van der Waals surface area contributed by atoms with Crippen molar-refractivity contribution in [1.82, 2.24) is 4.90 Å². The van der Waals surface area contributed by atoms with Gasteiger partial charge in [-0.1, -0.05) is 18.9 Å². The molecule has 7 heteroatoms. The maximum absolute atomic E-state index is 12.4. The highest BCUT2D eigenvalue weighted by atomic mass is 16.5. The minimum absolute atomic E-state index is 0.0280. The van der Waals surface area contributed by atoms with E-state index < -0.39 is 11.9 Å². The zero-order valence-corrected chi connectivity index (χ0v) is 14.6. The van der Waals surface area contributed by atoms with Crippen LogP contribution >= 0.6 is 0 Å². The third-order valence-corrected chi connectivity index (χ3v) is 4.96. The fourth-order valence-corrected chi connectivity index (χ4v) is 3.64. The van der Waals surface area contributed by atoms with Crippen molar-refractivity contribution in [1.29, 1.82) is 0 Å². The molecule has 1 aromatic rings. The van der Waals surface area contributed by atoms with Crippen molar-refractivity contribution in [2.75, 3.05) is 13.7 Å². The summed E-state index contributed by atoms with van der Waals surface area (Å²) in [6.45, 7) is 0.0280. The van der Waals surface area contributed by atoms with E-state index in [4.69, 9.17) is 4.74 Å². The van der Waals surface area contributed by atoms with Crippen LogP contribution in [0.5, 0.6) is 5.75 Å². The number of benzene rings is 1. The summed E-state index contributed by atoms with van der Waals surface area (Å²) in [6.07, 6.45) is 3.34.